The number of hydrogen-bond acceptors (Lipinski definition) is 4. The largest absolute Gasteiger partial charge is 0.380 e. The van der Waals surface area contributed by atoms with E-state index in [1.54, 1.807) is 0 Å². The molecular formula is C15H26N2O3. The molecule has 0 saturated carbocycles. The molecule has 0 atom stereocenters. The lowest BCUT2D eigenvalue weighted by Gasteiger charge is -2.31. The van der Waals surface area contributed by atoms with Crippen LogP contribution in [0.1, 0.15) is 27.7 Å². The summed E-state index contributed by atoms with van der Waals surface area (Å²) in [5.41, 5.74) is -0.196. The molecule has 2 amide bonds. The predicted octanol–water partition coefficient (Wildman–Crippen LogP) is 1.20. The van der Waals surface area contributed by atoms with Crippen LogP contribution < -0.4 is 5.32 Å². The minimum atomic E-state index is -0.257. The number of nitrogens with one attached hydrogen (secondary N) is 1. The lowest BCUT2D eigenvalue weighted by molar-refractivity contribution is -0.139. The van der Waals surface area contributed by atoms with Crippen LogP contribution in [0.15, 0.2) is 12.2 Å². The second-order valence-corrected chi connectivity index (χ2v) is 6.95. The van der Waals surface area contributed by atoms with Gasteiger partial charge < -0.3 is 10.1 Å². The molecular weight excluding hydrogens is 256 g/mol. The zero-order valence-corrected chi connectivity index (χ0v) is 13.2. The number of nitrogens with zero attached hydrogens (tertiary/aromatic N) is 1. The Hall–Kier alpha value is -1.20. The normalized spacial score (nSPS) is 16.4. The van der Waals surface area contributed by atoms with Crippen LogP contribution in [0, 0.1) is 10.8 Å². The maximum Gasteiger partial charge on any atom is 0.253 e. The third-order valence-corrected chi connectivity index (χ3v) is 3.13. The van der Waals surface area contributed by atoms with E-state index in [4.69, 9.17) is 4.74 Å². The smallest absolute Gasteiger partial charge is 0.253 e. The van der Waals surface area contributed by atoms with Gasteiger partial charge in [-0.05, 0) is 7.05 Å². The van der Waals surface area contributed by atoms with E-state index in [-0.39, 0.29) is 22.6 Å². The maximum atomic E-state index is 11.5. The highest BCUT2D eigenvalue weighted by Crippen LogP contribution is 2.22. The van der Waals surface area contributed by atoms with Gasteiger partial charge in [0.05, 0.1) is 13.2 Å². The van der Waals surface area contributed by atoms with Crippen molar-refractivity contribution in [3.05, 3.63) is 12.2 Å². The number of imide groups is 1. The summed E-state index contributed by atoms with van der Waals surface area (Å²) in [6.45, 7) is 10.7. The van der Waals surface area contributed by atoms with E-state index in [1.165, 1.54) is 17.1 Å². The summed E-state index contributed by atoms with van der Waals surface area (Å²) in [6.07, 6.45) is 2.63. The summed E-state index contributed by atoms with van der Waals surface area (Å²) in [6, 6.07) is 0. The summed E-state index contributed by atoms with van der Waals surface area (Å²) in [5.74, 6) is -0.475. The van der Waals surface area contributed by atoms with Crippen molar-refractivity contribution in [1.82, 2.24) is 10.2 Å². The minimum Gasteiger partial charge on any atom is -0.380 e. The molecule has 0 fully saturated rings. The molecule has 0 spiro atoms. The fourth-order valence-corrected chi connectivity index (χ4v) is 2.19. The minimum absolute atomic E-state index is 0.0612. The molecule has 0 saturated heterocycles. The highest BCUT2D eigenvalue weighted by Gasteiger charge is 2.31. The fraction of sp³-hybridized carbons (Fsp3) is 0.733. The quantitative estimate of drug-likeness (QED) is 0.680. The first-order chi connectivity index (χ1) is 9.17. The van der Waals surface area contributed by atoms with Crippen LogP contribution >= 0.6 is 0 Å². The summed E-state index contributed by atoms with van der Waals surface area (Å²) in [4.78, 5) is 24.4. The van der Waals surface area contributed by atoms with E-state index in [9.17, 15) is 9.59 Å². The zero-order chi connectivity index (χ0) is 15.4. The number of amides is 2. The van der Waals surface area contributed by atoms with Gasteiger partial charge in [-0.1, -0.05) is 27.7 Å². The number of ether oxygens (including phenoxy) is 1. The van der Waals surface area contributed by atoms with Crippen molar-refractivity contribution in [1.29, 1.82) is 0 Å². The molecule has 1 N–H and O–H groups in total. The van der Waals surface area contributed by atoms with Gasteiger partial charge >= 0.3 is 0 Å². The van der Waals surface area contributed by atoms with Gasteiger partial charge in [0.15, 0.2) is 0 Å². The lowest BCUT2D eigenvalue weighted by Crippen LogP contribution is -2.41. The van der Waals surface area contributed by atoms with Crippen molar-refractivity contribution in [2.45, 2.75) is 27.7 Å². The van der Waals surface area contributed by atoms with Crippen molar-refractivity contribution in [2.75, 3.05) is 33.4 Å². The van der Waals surface area contributed by atoms with Gasteiger partial charge in [0.25, 0.3) is 11.8 Å². The second-order valence-electron chi connectivity index (χ2n) is 6.95. The Balaban J connectivity index is 2.42. The number of hydrogen-bond donors (Lipinski definition) is 1. The molecule has 0 aromatic carbocycles. The molecule has 20 heavy (non-hydrogen) atoms. The molecule has 1 aliphatic heterocycles. The van der Waals surface area contributed by atoms with Crippen molar-refractivity contribution in [2.24, 2.45) is 10.8 Å². The Bertz CT molecular complexity index is 382. The molecule has 0 bridgehead atoms. The predicted molar refractivity (Wildman–Crippen MR) is 78.2 cm³/mol. The van der Waals surface area contributed by atoms with Crippen LogP contribution in [0.5, 0.6) is 0 Å². The van der Waals surface area contributed by atoms with E-state index in [0.717, 1.165) is 6.54 Å². The van der Waals surface area contributed by atoms with Crippen molar-refractivity contribution in [3.63, 3.8) is 0 Å². The molecule has 1 aliphatic rings. The maximum absolute atomic E-state index is 11.5. The third-order valence-electron chi connectivity index (χ3n) is 3.13. The average Bonchev–Trinajstić information content (AvgIpc) is 2.59. The number of carbonyl (C=O) groups is 2. The van der Waals surface area contributed by atoms with Crippen LogP contribution in [0.25, 0.3) is 0 Å². The first-order valence-corrected chi connectivity index (χ1v) is 6.93. The van der Waals surface area contributed by atoms with Crippen LogP contribution in [-0.2, 0) is 14.3 Å². The summed E-state index contributed by atoms with van der Waals surface area (Å²) in [7, 11) is 1.92. The highest BCUT2D eigenvalue weighted by atomic mass is 16.5. The van der Waals surface area contributed by atoms with Crippen LogP contribution in [-0.4, -0.2) is 50.1 Å². The van der Waals surface area contributed by atoms with E-state index in [0.29, 0.717) is 19.8 Å². The second kappa shape index (κ2) is 6.50. The first kappa shape index (κ1) is 16.9. The third kappa shape index (κ3) is 5.06. The van der Waals surface area contributed by atoms with Crippen LogP contribution in [0.2, 0.25) is 0 Å². The number of rotatable bonds is 8. The average molecular weight is 282 g/mol. The monoisotopic (exact) mass is 282 g/mol. The van der Waals surface area contributed by atoms with Crippen molar-refractivity contribution >= 4 is 11.8 Å². The zero-order valence-electron chi connectivity index (χ0n) is 13.2. The summed E-state index contributed by atoms with van der Waals surface area (Å²) >= 11 is 0. The van der Waals surface area contributed by atoms with E-state index in [2.05, 4.69) is 19.2 Å². The van der Waals surface area contributed by atoms with Gasteiger partial charge in [0, 0.05) is 36.1 Å². The van der Waals surface area contributed by atoms with E-state index in [1.807, 2.05) is 20.9 Å². The van der Waals surface area contributed by atoms with Gasteiger partial charge in [0.2, 0.25) is 0 Å². The molecule has 0 unspecified atom stereocenters. The Morgan fingerprint density at radius 3 is 2.05 bits per heavy atom. The Morgan fingerprint density at radius 2 is 1.55 bits per heavy atom. The van der Waals surface area contributed by atoms with E-state index >= 15 is 0 Å². The molecule has 1 heterocycles. The topological polar surface area (TPSA) is 58.6 Å². The lowest BCUT2D eigenvalue weighted by atomic mass is 9.92. The Labute approximate surface area is 121 Å². The van der Waals surface area contributed by atoms with Gasteiger partial charge in [-0.2, -0.15) is 0 Å². The van der Waals surface area contributed by atoms with Crippen molar-refractivity contribution < 1.29 is 14.3 Å². The first-order valence-electron chi connectivity index (χ1n) is 6.93. The van der Waals surface area contributed by atoms with Gasteiger partial charge in [-0.25, -0.2) is 0 Å². The molecule has 114 valence electrons. The van der Waals surface area contributed by atoms with Gasteiger partial charge in [0.1, 0.15) is 0 Å². The van der Waals surface area contributed by atoms with Crippen molar-refractivity contribution in [3.8, 4) is 0 Å². The molecule has 1 rings (SSSR count). The highest BCUT2D eigenvalue weighted by molar-refractivity contribution is 6.12. The standard InChI is InChI=1S/C15H26N2O3/c1-14(2,8-16-5)10-20-11-15(3,4)9-17-12(18)6-7-13(17)19/h6-7,16H,8-11H2,1-5H3. The Morgan fingerprint density at radius 1 is 1.05 bits per heavy atom. The molecule has 0 aromatic rings. The SMILES string of the molecule is CNCC(C)(C)COCC(C)(C)CN1C(=O)C=CC1=O. The summed E-state index contributed by atoms with van der Waals surface area (Å²) < 4.78 is 5.79. The van der Waals surface area contributed by atoms with Gasteiger partial charge in [-0.15, -0.1) is 0 Å². The van der Waals surface area contributed by atoms with Crippen LogP contribution in [0.3, 0.4) is 0 Å². The van der Waals surface area contributed by atoms with Crippen LogP contribution in [0.4, 0.5) is 0 Å². The molecule has 0 aromatic heterocycles. The molecule has 5 nitrogen and oxygen atoms in total. The van der Waals surface area contributed by atoms with E-state index < -0.39 is 0 Å². The Kier molecular flexibility index (Phi) is 5.48. The molecule has 5 heteroatoms. The number of carbonyl (C=O) groups excluding carboxylic acids is 2. The van der Waals surface area contributed by atoms with Gasteiger partial charge in [-0.3, -0.25) is 14.5 Å². The summed E-state index contributed by atoms with van der Waals surface area (Å²) in [5, 5.41) is 3.14. The fourth-order valence-electron chi connectivity index (χ4n) is 2.19. The molecule has 0 radical (unpaired) electrons. The molecule has 0 aliphatic carbocycles.